The normalized spacial score (nSPS) is 10.3. The number of hydrogen-bond acceptors (Lipinski definition) is 2. The van der Waals surface area contributed by atoms with E-state index in [-0.39, 0.29) is 5.56 Å². The lowest BCUT2D eigenvalue weighted by molar-refractivity contribution is 0.0691. The summed E-state index contributed by atoms with van der Waals surface area (Å²) in [5.74, 6) is -1.92. The minimum Gasteiger partial charge on any atom is -0.478 e. The maximum absolute atomic E-state index is 13.2. The van der Waals surface area contributed by atoms with Crippen molar-refractivity contribution in [2.75, 3.05) is 6.54 Å². The maximum Gasteiger partial charge on any atom is 0.338 e. The van der Waals surface area contributed by atoms with Crippen LogP contribution in [0.1, 0.15) is 27.9 Å². The topological polar surface area (TPSA) is 63.3 Å². The molecule has 82 valence electrons. The van der Waals surface area contributed by atoms with Gasteiger partial charge in [0, 0.05) is 0 Å². The zero-order valence-electron chi connectivity index (χ0n) is 8.59. The molecule has 0 aliphatic heterocycles. The van der Waals surface area contributed by atoms with Gasteiger partial charge in [-0.15, -0.1) is 0 Å². The van der Waals surface area contributed by atoms with Gasteiger partial charge in [0.05, 0.1) is 5.56 Å². The average molecular weight is 211 g/mol. The van der Waals surface area contributed by atoms with Crippen LogP contribution in [-0.2, 0) is 6.42 Å². The van der Waals surface area contributed by atoms with Crippen LogP contribution >= 0.6 is 0 Å². The van der Waals surface area contributed by atoms with Gasteiger partial charge < -0.3 is 10.8 Å². The Balaban J connectivity index is 3.06. The van der Waals surface area contributed by atoms with Gasteiger partial charge in [0.2, 0.25) is 0 Å². The molecule has 1 rings (SSSR count). The summed E-state index contributed by atoms with van der Waals surface area (Å²) < 4.78 is 13.2. The van der Waals surface area contributed by atoms with E-state index in [1.165, 1.54) is 12.1 Å². The highest BCUT2D eigenvalue weighted by Gasteiger charge is 2.12. The molecule has 0 fully saturated rings. The summed E-state index contributed by atoms with van der Waals surface area (Å²) in [6.45, 7) is 2.31. The van der Waals surface area contributed by atoms with Crippen LogP contribution in [0.15, 0.2) is 12.1 Å². The van der Waals surface area contributed by atoms with Gasteiger partial charge in [-0.3, -0.25) is 0 Å². The van der Waals surface area contributed by atoms with E-state index in [0.717, 1.165) is 17.5 Å². The molecular formula is C11H14FNO2. The Hall–Kier alpha value is -1.42. The fraction of sp³-hybridized carbons (Fsp3) is 0.364. The lowest BCUT2D eigenvalue weighted by Crippen LogP contribution is -2.06. The molecule has 3 nitrogen and oxygen atoms in total. The van der Waals surface area contributed by atoms with Crippen LogP contribution in [0.25, 0.3) is 0 Å². The van der Waals surface area contributed by atoms with Gasteiger partial charge in [-0.25, -0.2) is 9.18 Å². The Morgan fingerprint density at radius 3 is 2.73 bits per heavy atom. The quantitative estimate of drug-likeness (QED) is 0.797. The fourth-order valence-electron chi connectivity index (χ4n) is 1.44. The average Bonchev–Trinajstić information content (AvgIpc) is 2.16. The van der Waals surface area contributed by atoms with E-state index in [1.54, 1.807) is 6.92 Å². The molecule has 15 heavy (non-hydrogen) atoms. The second-order valence-corrected chi connectivity index (χ2v) is 3.46. The van der Waals surface area contributed by atoms with E-state index in [2.05, 4.69) is 0 Å². The van der Waals surface area contributed by atoms with Crippen molar-refractivity contribution >= 4 is 5.97 Å². The summed E-state index contributed by atoms with van der Waals surface area (Å²) in [6, 6.07) is 2.65. The standard InChI is InChI=1S/C11H14FNO2/c1-7-5-10(12)9(11(14)15)6-8(7)3-2-4-13/h5-6H,2-4,13H2,1H3,(H,14,15). The summed E-state index contributed by atoms with van der Waals surface area (Å²) in [5.41, 5.74) is 6.71. The zero-order valence-corrected chi connectivity index (χ0v) is 8.59. The Kier molecular flexibility index (Phi) is 3.80. The van der Waals surface area contributed by atoms with E-state index >= 15 is 0 Å². The Morgan fingerprint density at radius 2 is 2.20 bits per heavy atom. The van der Waals surface area contributed by atoms with Crippen molar-refractivity contribution in [2.45, 2.75) is 19.8 Å². The molecule has 4 heteroatoms. The number of rotatable bonds is 4. The first kappa shape index (κ1) is 11.7. The maximum atomic E-state index is 13.2. The lowest BCUT2D eigenvalue weighted by atomic mass is 10.0. The number of carboxylic acids is 1. The number of halogens is 1. The van der Waals surface area contributed by atoms with Crippen LogP contribution in [-0.4, -0.2) is 17.6 Å². The molecular weight excluding hydrogens is 197 g/mol. The van der Waals surface area contributed by atoms with Crippen molar-refractivity contribution < 1.29 is 14.3 Å². The fourth-order valence-corrected chi connectivity index (χ4v) is 1.44. The number of benzene rings is 1. The van der Waals surface area contributed by atoms with E-state index in [0.29, 0.717) is 13.0 Å². The third kappa shape index (κ3) is 2.76. The Bertz CT molecular complexity index is 377. The summed E-state index contributed by atoms with van der Waals surface area (Å²) in [4.78, 5) is 10.7. The second kappa shape index (κ2) is 4.89. The van der Waals surface area contributed by atoms with Gasteiger partial charge in [0.15, 0.2) is 0 Å². The molecule has 0 aliphatic carbocycles. The summed E-state index contributed by atoms with van der Waals surface area (Å²) in [6.07, 6.45) is 1.45. The van der Waals surface area contributed by atoms with E-state index < -0.39 is 11.8 Å². The number of nitrogens with two attached hydrogens (primary N) is 1. The van der Waals surface area contributed by atoms with Crippen LogP contribution in [0.2, 0.25) is 0 Å². The van der Waals surface area contributed by atoms with E-state index in [4.69, 9.17) is 10.8 Å². The number of carbonyl (C=O) groups is 1. The summed E-state index contributed by atoms with van der Waals surface area (Å²) in [7, 11) is 0. The molecule has 0 radical (unpaired) electrons. The molecule has 0 bridgehead atoms. The van der Waals surface area contributed by atoms with Crippen LogP contribution < -0.4 is 5.73 Å². The smallest absolute Gasteiger partial charge is 0.338 e. The van der Waals surface area contributed by atoms with Crippen molar-refractivity contribution in [3.8, 4) is 0 Å². The predicted molar refractivity (Wildman–Crippen MR) is 55.5 cm³/mol. The first-order valence-corrected chi connectivity index (χ1v) is 4.78. The highest BCUT2D eigenvalue weighted by atomic mass is 19.1. The van der Waals surface area contributed by atoms with Crippen LogP contribution in [0.5, 0.6) is 0 Å². The van der Waals surface area contributed by atoms with Gasteiger partial charge in [0.1, 0.15) is 5.82 Å². The molecule has 0 aromatic heterocycles. The van der Waals surface area contributed by atoms with Crippen molar-refractivity contribution in [3.05, 3.63) is 34.6 Å². The van der Waals surface area contributed by atoms with Crippen molar-refractivity contribution in [1.29, 1.82) is 0 Å². The lowest BCUT2D eigenvalue weighted by Gasteiger charge is -2.07. The molecule has 3 N–H and O–H groups in total. The summed E-state index contributed by atoms with van der Waals surface area (Å²) >= 11 is 0. The largest absolute Gasteiger partial charge is 0.478 e. The zero-order chi connectivity index (χ0) is 11.4. The molecule has 0 atom stereocenters. The third-order valence-electron chi connectivity index (χ3n) is 2.31. The first-order valence-electron chi connectivity index (χ1n) is 4.78. The molecule has 0 saturated heterocycles. The van der Waals surface area contributed by atoms with Crippen molar-refractivity contribution in [2.24, 2.45) is 5.73 Å². The molecule has 0 spiro atoms. The van der Waals surface area contributed by atoms with Gasteiger partial charge >= 0.3 is 5.97 Å². The monoisotopic (exact) mass is 211 g/mol. The third-order valence-corrected chi connectivity index (χ3v) is 2.31. The van der Waals surface area contributed by atoms with Gasteiger partial charge in [-0.05, 0) is 49.6 Å². The number of aryl methyl sites for hydroxylation is 2. The minimum atomic E-state index is -1.23. The van der Waals surface area contributed by atoms with Crippen LogP contribution in [0.4, 0.5) is 4.39 Å². The van der Waals surface area contributed by atoms with Crippen molar-refractivity contribution in [1.82, 2.24) is 0 Å². The second-order valence-electron chi connectivity index (χ2n) is 3.46. The number of aromatic carboxylic acids is 1. The van der Waals surface area contributed by atoms with Crippen LogP contribution in [0.3, 0.4) is 0 Å². The Morgan fingerprint density at radius 1 is 1.53 bits per heavy atom. The number of hydrogen-bond donors (Lipinski definition) is 2. The highest BCUT2D eigenvalue weighted by Crippen LogP contribution is 2.16. The Labute approximate surface area is 87.7 Å². The van der Waals surface area contributed by atoms with Gasteiger partial charge in [0.25, 0.3) is 0 Å². The molecule has 0 saturated carbocycles. The molecule has 0 unspecified atom stereocenters. The SMILES string of the molecule is Cc1cc(F)c(C(=O)O)cc1CCCN. The predicted octanol–water partition coefficient (Wildman–Crippen LogP) is 1.72. The molecule has 0 amide bonds. The molecule has 0 heterocycles. The highest BCUT2D eigenvalue weighted by molar-refractivity contribution is 5.88. The van der Waals surface area contributed by atoms with Crippen molar-refractivity contribution in [3.63, 3.8) is 0 Å². The molecule has 1 aromatic rings. The van der Waals surface area contributed by atoms with Gasteiger partial charge in [-0.2, -0.15) is 0 Å². The van der Waals surface area contributed by atoms with E-state index in [1.807, 2.05) is 0 Å². The molecule has 0 aliphatic rings. The number of carboxylic acid groups (broad SMARTS) is 1. The summed E-state index contributed by atoms with van der Waals surface area (Å²) in [5, 5.41) is 8.74. The van der Waals surface area contributed by atoms with E-state index in [9.17, 15) is 9.18 Å². The van der Waals surface area contributed by atoms with Gasteiger partial charge in [-0.1, -0.05) is 0 Å². The minimum absolute atomic E-state index is 0.271. The van der Waals surface area contributed by atoms with Crippen LogP contribution in [0, 0.1) is 12.7 Å². The first-order chi connectivity index (χ1) is 7.06. The molecule has 1 aromatic carbocycles.